The van der Waals surface area contributed by atoms with E-state index in [1.54, 1.807) is 12.2 Å². The van der Waals surface area contributed by atoms with Crippen molar-refractivity contribution in [2.24, 2.45) is 0 Å². The summed E-state index contributed by atoms with van der Waals surface area (Å²) in [6, 6.07) is 0. The van der Waals surface area contributed by atoms with Crippen LogP contribution in [0.25, 0.3) is 0 Å². The molecule has 0 rings (SSSR count). The molecule has 0 unspecified atom stereocenters. The summed E-state index contributed by atoms with van der Waals surface area (Å²) >= 11 is -0.678. The van der Waals surface area contributed by atoms with E-state index in [0.717, 1.165) is 6.42 Å². The van der Waals surface area contributed by atoms with Gasteiger partial charge in [-0.05, 0) is 0 Å². The first-order chi connectivity index (χ1) is 3.41. The Morgan fingerprint density at radius 1 is 1.86 bits per heavy atom. The normalized spacial score (nSPS) is 6.29. The van der Waals surface area contributed by atoms with Crippen molar-refractivity contribution in [3.63, 3.8) is 0 Å². The molecule has 0 saturated heterocycles. The van der Waals surface area contributed by atoms with Crippen molar-refractivity contribution >= 4 is 19.0 Å². The van der Waals surface area contributed by atoms with Crippen LogP contribution in [0, 0.1) is 0 Å². The second-order valence-electron chi connectivity index (χ2n) is 0.930. The monoisotopic (exact) mass is 162 g/mol. The van der Waals surface area contributed by atoms with E-state index in [2.05, 4.69) is 11.2 Å². The van der Waals surface area contributed by atoms with Crippen LogP contribution in [0.1, 0.15) is 6.42 Å². The summed E-state index contributed by atoms with van der Waals surface area (Å²) in [6.07, 6.45) is 4.21. The molecular weight excluding hydrogens is 155 g/mol. The van der Waals surface area contributed by atoms with E-state index in [0.29, 0.717) is 0 Å². The molecule has 0 heterocycles. The topological polar surface area (TPSA) is 17.1 Å². The fourth-order valence-electron chi connectivity index (χ4n) is 0.165. The van der Waals surface area contributed by atoms with Crippen LogP contribution in [0.2, 0.25) is 0 Å². The van der Waals surface area contributed by atoms with E-state index in [4.69, 9.17) is 0 Å². The molecule has 0 aromatic rings. The third kappa shape index (κ3) is 5.71. The third-order valence-corrected chi connectivity index (χ3v) is 0.968. The molecule has 0 bridgehead atoms. The first-order valence-electron chi connectivity index (χ1n) is 1.88. The van der Waals surface area contributed by atoms with Gasteiger partial charge in [0.1, 0.15) is 0 Å². The van der Waals surface area contributed by atoms with Gasteiger partial charge in [-0.15, -0.1) is 0 Å². The van der Waals surface area contributed by atoms with Crippen LogP contribution >= 0.6 is 0 Å². The molecule has 7 heavy (non-hydrogen) atoms. The number of hydrogen-bond acceptors (Lipinski definition) is 1. The van der Waals surface area contributed by atoms with Crippen LogP contribution in [0.15, 0.2) is 18.7 Å². The van der Waals surface area contributed by atoms with E-state index < -0.39 is 14.5 Å². The van der Waals surface area contributed by atoms with Gasteiger partial charge in [0.2, 0.25) is 0 Å². The van der Waals surface area contributed by atoms with Crippen LogP contribution in [-0.2, 0) is 3.83 Å². The van der Waals surface area contributed by atoms with Gasteiger partial charge in [-0.3, -0.25) is 0 Å². The Labute approximate surface area is 48.6 Å². The van der Waals surface area contributed by atoms with Gasteiger partial charge in [-0.2, -0.15) is 0 Å². The van der Waals surface area contributed by atoms with Crippen molar-refractivity contribution in [2.45, 2.75) is 6.42 Å². The Bertz CT molecular complexity index is 127. The van der Waals surface area contributed by atoms with E-state index in [9.17, 15) is 3.83 Å². The fourth-order valence-corrected chi connectivity index (χ4v) is 0.510. The summed E-state index contributed by atoms with van der Waals surface area (Å²) in [6.45, 7) is 3.47. The number of hydrogen-bond donors (Lipinski definition) is 0. The molecule has 0 saturated carbocycles. The molecular formula is C5H6OSe. The minimum absolute atomic E-state index is 0.678. The Morgan fingerprint density at radius 3 is 3.00 bits per heavy atom. The van der Waals surface area contributed by atoms with Gasteiger partial charge in [-0.25, -0.2) is 0 Å². The number of allylic oxidation sites excluding steroid dienone is 2. The first kappa shape index (κ1) is 6.71. The zero-order chi connectivity index (χ0) is 5.54. The van der Waals surface area contributed by atoms with Gasteiger partial charge in [-0.1, -0.05) is 0 Å². The van der Waals surface area contributed by atoms with Gasteiger partial charge >= 0.3 is 48.0 Å². The maximum atomic E-state index is 9.69. The van der Waals surface area contributed by atoms with Crippen LogP contribution in [0.5, 0.6) is 0 Å². The van der Waals surface area contributed by atoms with Gasteiger partial charge in [0, 0.05) is 0 Å². The first-order valence-corrected chi connectivity index (χ1v) is 3.44. The second kappa shape index (κ2) is 5.71. The molecule has 1 nitrogen and oxygen atoms in total. The van der Waals surface area contributed by atoms with Crippen molar-refractivity contribution in [3.8, 4) is 0 Å². The van der Waals surface area contributed by atoms with Crippen LogP contribution in [0.3, 0.4) is 0 Å². The fraction of sp³-hybridized carbons (Fsp3) is 0.200. The quantitative estimate of drug-likeness (QED) is 0.427. The molecule has 0 spiro atoms. The van der Waals surface area contributed by atoms with E-state index >= 15 is 0 Å². The van der Waals surface area contributed by atoms with Gasteiger partial charge in [0.15, 0.2) is 0 Å². The summed E-state index contributed by atoms with van der Waals surface area (Å²) < 4.78 is 12.3. The average molecular weight is 161 g/mol. The van der Waals surface area contributed by atoms with Gasteiger partial charge in [0.05, 0.1) is 0 Å². The van der Waals surface area contributed by atoms with Gasteiger partial charge in [0.25, 0.3) is 0 Å². The average Bonchev–Trinajstić information content (AvgIpc) is 1.69. The van der Waals surface area contributed by atoms with Crippen LogP contribution in [0.4, 0.5) is 0 Å². The Balaban J connectivity index is 3.47. The zero-order valence-corrected chi connectivity index (χ0v) is 5.60. The van der Waals surface area contributed by atoms with Crippen LogP contribution < -0.4 is 0 Å². The van der Waals surface area contributed by atoms with E-state index in [1.165, 1.54) is 0 Å². The van der Waals surface area contributed by atoms with E-state index in [1.807, 2.05) is 0 Å². The molecule has 0 N–H and O–H groups in total. The summed E-state index contributed by atoms with van der Waals surface area (Å²) in [7, 11) is 0. The standard InChI is InChI=1S/C5H6OSe/c1-2-3-4-5-7-6/h2,4H,1,3H2. The molecule has 0 radical (unpaired) electrons. The maximum absolute atomic E-state index is 9.69. The van der Waals surface area contributed by atoms with Crippen molar-refractivity contribution < 1.29 is 3.83 Å². The summed E-state index contributed by atoms with van der Waals surface area (Å²) in [4.78, 5) is 0. The van der Waals surface area contributed by atoms with Crippen LogP contribution in [-0.4, -0.2) is 19.0 Å². The zero-order valence-electron chi connectivity index (χ0n) is 3.89. The van der Waals surface area contributed by atoms with E-state index in [-0.39, 0.29) is 0 Å². The van der Waals surface area contributed by atoms with Crippen molar-refractivity contribution in [3.05, 3.63) is 18.7 Å². The summed E-state index contributed by atoms with van der Waals surface area (Å²) in [5, 5.41) is 0. The Kier molecular flexibility index (Phi) is 5.47. The molecule has 0 aliphatic carbocycles. The molecule has 0 atom stereocenters. The van der Waals surface area contributed by atoms with Crippen molar-refractivity contribution in [1.29, 1.82) is 0 Å². The summed E-state index contributed by atoms with van der Waals surface area (Å²) in [5.41, 5.74) is 0. The van der Waals surface area contributed by atoms with Crippen molar-refractivity contribution in [2.75, 3.05) is 0 Å². The molecule has 0 fully saturated rings. The van der Waals surface area contributed by atoms with Gasteiger partial charge < -0.3 is 0 Å². The summed E-state index contributed by atoms with van der Waals surface area (Å²) in [5.74, 6) is 0. The molecule has 38 valence electrons. The molecule has 2 heteroatoms. The molecule has 0 aromatic carbocycles. The number of rotatable bonds is 2. The SMILES string of the molecule is C=CCC=C=[Se]=O. The third-order valence-electron chi connectivity index (χ3n) is 0.416. The van der Waals surface area contributed by atoms with Crippen molar-refractivity contribution in [1.82, 2.24) is 0 Å². The predicted octanol–water partition coefficient (Wildman–Crippen LogP) is 0.569. The molecule has 0 aliphatic rings. The minimum atomic E-state index is -0.678. The predicted molar refractivity (Wildman–Crippen MR) is 30.8 cm³/mol. The molecule has 0 amide bonds. The Hall–Kier alpha value is -0.291. The molecule has 0 aromatic heterocycles. The molecule has 0 aliphatic heterocycles. The Morgan fingerprint density at radius 2 is 2.57 bits per heavy atom. The second-order valence-corrected chi connectivity index (χ2v) is 1.77.